The Morgan fingerprint density at radius 3 is 2.88 bits per heavy atom. The van der Waals surface area contributed by atoms with Crippen LogP contribution in [0.4, 0.5) is 10.5 Å². The molecule has 1 N–H and O–H groups in total. The van der Waals surface area contributed by atoms with Crippen LogP contribution in [0.1, 0.15) is 45.0 Å². The zero-order valence-corrected chi connectivity index (χ0v) is 15.5. The van der Waals surface area contributed by atoms with Gasteiger partial charge in [0.05, 0.1) is 28.7 Å². The minimum absolute atomic E-state index is 0.124. The number of alkyl carbamates (subject to hydrolysis) is 1. The number of nitrogens with one attached hydrogen (secondary N) is 1. The Bertz CT molecular complexity index is 764. The number of ether oxygens (including phenoxy) is 1. The van der Waals surface area contributed by atoms with E-state index in [1.165, 1.54) is 16.1 Å². The van der Waals surface area contributed by atoms with Crippen molar-refractivity contribution in [2.45, 2.75) is 45.9 Å². The first-order valence-corrected chi connectivity index (χ1v) is 8.90. The Kier molecular flexibility index (Phi) is 4.25. The molecule has 0 spiro atoms. The molecule has 24 heavy (non-hydrogen) atoms. The Morgan fingerprint density at radius 2 is 2.17 bits per heavy atom. The molecule has 0 unspecified atom stereocenters. The molecule has 0 radical (unpaired) electrons. The molecule has 0 fully saturated rings. The Morgan fingerprint density at radius 1 is 1.42 bits per heavy atom. The van der Waals surface area contributed by atoms with E-state index in [9.17, 15) is 4.79 Å². The normalized spacial score (nSPS) is 14.6. The fraction of sp³-hybridized carbons (Fsp3) is 0.444. The fourth-order valence-corrected chi connectivity index (χ4v) is 3.64. The van der Waals surface area contributed by atoms with Crippen molar-refractivity contribution in [3.8, 4) is 10.4 Å². The lowest BCUT2D eigenvalue weighted by atomic mass is 9.99. The summed E-state index contributed by atoms with van der Waals surface area (Å²) in [5.41, 5.74) is 5.95. The SMILES string of the molecule is C[C@H](NC(=O)OC(C)(C)C)c1ccc2c(c1)N(C)Cc1ncsc1-2. The smallest absolute Gasteiger partial charge is 0.408 e. The number of nitrogens with zero attached hydrogens (tertiary/aromatic N) is 2. The molecule has 1 aromatic carbocycles. The number of hydrogen-bond acceptors (Lipinski definition) is 5. The predicted octanol–water partition coefficient (Wildman–Crippen LogP) is 4.35. The average Bonchev–Trinajstić information content (AvgIpc) is 2.93. The lowest BCUT2D eigenvalue weighted by Crippen LogP contribution is -2.34. The topological polar surface area (TPSA) is 54.5 Å². The lowest BCUT2D eigenvalue weighted by molar-refractivity contribution is 0.0508. The van der Waals surface area contributed by atoms with Crippen molar-refractivity contribution >= 4 is 23.1 Å². The van der Waals surface area contributed by atoms with Gasteiger partial charge in [0.25, 0.3) is 0 Å². The molecular weight excluding hydrogens is 322 g/mol. The lowest BCUT2D eigenvalue weighted by Gasteiger charge is -2.28. The van der Waals surface area contributed by atoms with Gasteiger partial charge in [0.2, 0.25) is 0 Å². The standard InChI is InChI=1S/C18H23N3O2S/c1-11(20-17(22)23-18(2,3)4)12-6-7-13-15(8-12)21(5)9-14-16(13)24-10-19-14/h6-8,10-11H,9H2,1-5H3,(H,20,22)/t11-/m0/s1. The van der Waals surface area contributed by atoms with E-state index in [4.69, 9.17) is 4.74 Å². The third kappa shape index (κ3) is 3.38. The number of rotatable bonds is 2. The molecule has 0 saturated carbocycles. The molecule has 1 aliphatic heterocycles. The van der Waals surface area contributed by atoms with Gasteiger partial charge in [0.1, 0.15) is 5.60 Å². The highest BCUT2D eigenvalue weighted by Crippen LogP contribution is 2.41. The van der Waals surface area contributed by atoms with Crippen LogP contribution in [0, 0.1) is 0 Å². The van der Waals surface area contributed by atoms with Gasteiger partial charge in [0, 0.05) is 18.3 Å². The number of hydrogen-bond donors (Lipinski definition) is 1. The molecule has 0 saturated heterocycles. The number of aromatic nitrogens is 1. The molecule has 1 aliphatic rings. The van der Waals surface area contributed by atoms with Gasteiger partial charge in [-0.25, -0.2) is 9.78 Å². The molecule has 6 heteroatoms. The fourth-order valence-electron chi connectivity index (χ4n) is 2.80. The van der Waals surface area contributed by atoms with E-state index >= 15 is 0 Å². The van der Waals surface area contributed by atoms with Crippen LogP contribution in [0.5, 0.6) is 0 Å². The second kappa shape index (κ2) is 6.09. The number of benzene rings is 1. The number of carbonyl (C=O) groups is 1. The molecule has 2 heterocycles. The Labute approximate surface area is 146 Å². The molecule has 2 aromatic rings. The number of thiazole rings is 1. The van der Waals surface area contributed by atoms with Gasteiger partial charge in [-0.3, -0.25) is 0 Å². The van der Waals surface area contributed by atoms with Crippen molar-refractivity contribution in [3.63, 3.8) is 0 Å². The summed E-state index contributed by atoms with van der Waals surface area (Å²) in [6.45, 7) is 8.35. The number of anilines is 1. The first kappa shape index (κ1) is 16.8. The first-order chi connectivity index (χ1) is 11.2. The maximum Gasteiger partial charge on any atom is 0.408 e. The summed E-state index contributed by atoms with van der Waals surface area (Å²) in [7, 11) is 2.07. The van der Waals surface area contributed by atoms with E-state index in [0.717, 1.165) is 17.8 Å². The Hall–Kier alpha value is -2.08. The highest BCUT2D eigenvalue weighted by molar-refractivity contribution is 7.13. The highest BCUT2D eigenvalue weighted by Gasteiger charge is 2.24. The highest BCUT2D eigenvalue weighted by atomic mass is 32.1. The van der Waals surface area contributed by atoms with E-state index in [1.807, 2.05) is 33.2 Å². The molecule has 1 atom stereocenters. The summed E-state index contributed by atoms with van der Waals surface area (Å²) < 4.78 is 5.33. The monoisotopic (exact) mass is 345 g/mol. The van der Waals surface area contributed by atoms with Gasteiger partial charge >= 0.3 is 6.09 Å². The maximum absolute atomic E-state index is 12.0. The maximum atomic E-state index is 12.0. The number of carbonyl (C=O) groups excluding carboxylic acids is 1. The van der Waals surface area contributed by atoms with Crippen LogP contribution in [0.15, 0.2) is 23.7 Å². The van der Waals surface area contributed by atoms with Gasteiger partial charge in [-0.1, -0.05) is 12.1 Å². The van der Waals surface area contributed by atoms with Gasteiger partial charge in [0.15, 0.2) is 0 Å². The van der Waals surface area contributed by atoms with Crippen LogP contribution >= 0.6 is 11.3 Å². The molecule has 5 nitrogen and oxygen atoms in total. The molecule has 1 aromatic heterocycles. The van der Waals surface area contributed by atoms with Crippen LogP contribution < -0.4 is 10.2 Å². The van der Waals surface area contributed by atoms with Gasteiger partial charge in [-0.2, -0.15) is 0 Å². The Balaban J connectivity index is 1.82. The van der Waals surface area contributed by atoms with E-state index < -0.39 is 11.7 Å². The summed E-state index contributed by atoms with van der Waals surface area (Å²) in [4.78, 5) is 19.8. The average molecular weight is 345 g/mol. The summed E-state index contributed by atoms with van der Waals surface area (Å²) in [5.74, 6) is 0. The summed E-state index contributed by atoms with van der Waals surface area (Å²) in [6.07, 6.45) is -0.397. The van der Waals surface area contributed by atoms with Crippen molar-refractivity contribution in [3.05, 3.63) is 35.0 Å². The van der Waals surface area contributed by atoms with Crippen molar-refractivity contribution in [1.29, 1.82) is 0 Å². The molecule has 1 amide bonds. The quantitative estimate of drug-likeness (QED) is 0.879. The van der Waals surface area contributed by atoms with E-state index in [1.54, 1.807) is 11.3 Å². The molecule has 0 aliphatic carbocycles. The number of amides is 1. The zero-order chi connectivity index (χ0) is 17.5. The van der Waals surface area contributed by atoms with Crippen molar-refractivity contribution < 1.29 is 9.53 Å². The largest absolute Gasteiger partial charge is 0.444 e. The molecular formula is C18H23N3O2S. The molecule has 128 valence electrons. The summed E-state index contributed by atoms with van der Waals surface area (Å²) in [6, 6.07) is 6.19. The van der Waals surface area contributed by atoms with Crippen LogP contribution in [-0.4, -0.2) is 23.7 Å². The van der Waals surface area contributed by atoms with Crippen LogP contribution in [-0.2, 0) is 11.3 Å². The van der Waals surface area contributed by atoms with Crippen LogP contribution in [0.25, 0.3) is 10.4 Å². The second-order valence-electron chi connectivity index (χ2n) is 7.13. The van der Waals surface area contributed by atoms with Gasteiger partial charge in [-0.05, 0) is 39.3 Å². The summed E-state index contributed by atoms with van der Waals surface area (Å²) in [5, 5.41) is 2.90. The van der Waals surface area contributed by atoms with E-state index in [0.29, 0.717) is 0 Å². The van der Waals surface area contributed by atoms with Crippen LogP contribution in [0.3, 0.4) is 0 Å². The minimum Gasteiger partial charge on any atom is -0.444 e. The zero-order valence-electron chi connectivity index (χ0n) is 14.7. The van der Waals surface area contributed by atoms with Crippen molar-refractivity contribution in [1.82, 2.24) is 10.3 Å². The van der Waals surface area contributed by atoms with E-state index in [2.05, 4.69) is 40.4 Å². The number of fused-ring (bicyclic) bond motifs is 3. The second-order valence-corrected chi connectivity index (χ2v) is 7.98. The molecule has 3 rings (SSSR count). The third-order valence-corrected chi connectivity index (χ3v) is 4.84. The summed E-state index contributed by atoms with van der Waals surface area (Å²) >= 11 is 1.67. The third-order valence-electron chi connectivity index (χ3n) is 3.94. The predicted molar refractivity (Wildman–Crippen MR) is 97.4 cm³/mol. The first-order valence-electron chi connectivity index (χ1n) is 8.02. The minimum atomic E-state index is -0.498. The van der Waals surface area contributed by atoms with Crippen molar-refractivity contribution in [2.75, 3.05) is 11.9 Å². The van der Waals surface area contributed by atoms with E-state index in [-0.39, 0.29) is 6.04 Å². The van der Waals surface area contributed by atoms with Crippen LogP contribution in [0.2, 0.25) is 0 Å². The molecule has 0 bridgehead atoms. The van der Waals surface area contributed by atoms with Crippen molar-refractivity contribution in [2.24, 2.45) is 0 Å². The van der Waals surface area contributed by atoms with Gasteiger partial charge < -0.3 is 15.0 Å². The van der Waals surface area contributed by atoms with Gasteiger partial charge in [-0.15, -0.1) is 11.3 Å².